The van der Waals surface area contributed by atoms with Crippen molar-refractivity contribution in [2.45, 2.75) is 13.8 Å². The van der Waals surface area contributed by atoms with Gasteiger partial charge in [-0.2, -0.15) is 5.10 Å². The zero-order valence-corrected chi connectivity index (χ0v) is 18.1. The molecule has 0 saturated heterocycles. The van der Waals surface area contributed by atoms with Crippen molar-refractivity contribution in [3.8, 4) is 5.69 Å². The second-order valence-electron chi connectivity index (χ2n) is 6.30. The summed E-state index contributed by atoms with van der Waals surface area (Å²) in [4.78, 5) is 23.9. The SMILES string of the molecule is Cc1cc(/C=N\NC(=O)C(=O)Nc2ccc(Cl)cc2)c(C)n1-c1cccc(Br)c1. The normalized spacial score (nSPS) is 10.9. The summed E-state index contributed by atoms with van der Waals surface area (Å²) in [6.07, 6.45) is 1.52. The fourth-order valence-electron chi connectivity index (χ4n) is 2.86. The Bertz CT molecular complexity index is 1090. The number of benzene rings is 2. The van der Waals surface area contributed by atoms with Gasteiger partial charge in [-0.25, -0.2) is 5.43 Å². The molecule has 0 atom stereocenters. The number of rotatable bonds is 4. The number of hydrazone groups is 1. The monoisotopic (exact) mass is 472 g/mol. The number of carbonyl (C=O) groups is 2. The second kappa shape index (κ2) is 9.07. The molecule has 0 saturated carbocycles. The van der Waals surface area contributed by atoms with Gasteiger partial charge in [0.15, 0.2) is 0 Å². The van der Waals surface area contributed by atoms with Crippen LogP contribution in [0.4, 0.5) is 5.69 Å². The Morgan fingerprint density at radius 3 is 2.48 bits per heavy atom. The van der Waals surface area contributed by atoms with Crippen molar-refractivity contribution in [1.29, 1.82) is 0 Å². The molecule has 0 aliphatic heterocycles. The Morgan fingerprint density at radius 2 is 1.79 bits per heavy atom. The van der Waals surface area contributed by atoms with Gasteiger partial charge in [0.2, 0.25) is 0 Å². The minimum Gasteiger partial charge on any atom is -0.318 e. The van der Waals surface area contributed by atoms with E-state index in [1.165, 1.54) is 6.21 Å². The molecule has 0 bridgehead atoms. The molecule has 6 nitrogen and oxygen atoms in total. The maximum absolute atomic E-state index is 11.9. The molecule has 8 heteroatoms. The number of nitrogens with one attached hydrogen (secondary N) is 2. The molecule has 1 aromatic heterocycles. The molecule has 2 aromatic carbocycles. The van der Waals surface area contributed by atoms with Gasteiger partial charge < -0.3 is 9.88 Å². The molecule has 1 heterocycles. The van der Waals surface area contributed by atoms with Crippen LogP contribution < -0.4 is 10.7 Å². The van der Waals surface area contributed by atoms with E-state index in [1.807, 2.05) is 44.2 Å². The lowest BCUT2D eigenvalue weighted by molar-refractivity contribution is -0.136. The summed E-state index contributed by atoms with van der Waals surface area (Å²) in [5.41, 5.74) is 6.54. The fourth-order valence-corrected chi connectivity index (χ4v) is 3.38. The van der Waals surface area contributed by atoms with Gasteiger partial charge in [0.25, 0.3) is 0 Å². The number of nitrogens with zero attached hydrogens (tertiary/aromatic N) is 2. The van der Waals surface area contributed by atoms with Crippen molar-refractivity contribution < 1.29 is 9.59 Å². The van der Waals surface area contributed by atoms with Crippen LogP contribution in [0.5, 0.6) is 0 Å². The smallest absolute Gasteiger partial charge is 0.318 e. The quantitative estimate of drug-likeness (QED) is 0.330. The number of hydrogen-bond donors (Lipinski definition) is 2. The number of aromatic nitrogens is 1. The number of amides is 2. The van der Waals surface area contributed by atoms with E-state index in [9.17, 15) is 9.59 Å². The van der Waals surface area contributed by atoms with E-state index in [0.29, 0.717) is 10.7 Å². The molecule has 0 radical (unpaired) electrons. The summed E-state index contributed by atoms with van der Waals surface area (Å²) >= 11 is 9.28. The maximum Gasteiger partial charge on any atom is 0.329 e. The standard InChI is InChI=1S/C21H18BrClN4O2/c1-13-10-15(14(2)27(13)19-5-3-4-16(22)11-19)12-24-26-21(29)20(28)25-18-8-6-17(23)7-9-18/h3-12H,1-2H3,(H,25,28)(H,26,29)/b24-12-. The highest BCUT2D eigenvalue weighted by Gasteiger charge is 2.13. The van der Waals surface area contributed by atoms with Gasteiger partial charge in [-0.15, -0.1) is 0 Å². The average molecular weight is 474 g/mol. The van der Waals surface area contributed by atoms with Crippen LogP contribution >= 0.6 is 27.5 Å². The third-order valence-electron chi connectivity index (χ3n) is 4.21. The Kier molecular flexibility index (Phi) is 6.51. The van der Waals surface area contributed by atoms with Crippen molar-refractivity contribution in [3.05, 3.63) is 81.0 Å². The van der Waals surface area contributed by atoms with E-state index in [4.69, 9.17) is 11.6 Å². The molecule has 0 fully saturated rings. The van der Waals surface area contributed by atoms with Crippen LogP contribution in [0.15, 0.2) is 64.2 Å². The molecule has 0 unspecified atom stereocenters. The highest BCUT2D eigenvalue weighted by molar-refractivity contribution is 9.10. The molecule has 3 aromatic rings. The first kappa shape index (κ1) is 20.8. The van der Waals surface area contributed by atoms with E-state index in [-0.39, 0.29) is 0 Å². The zero-order valence-electron chi connectivity index (χ0n) is 15.7. The van der Waals surface area contributed by atoms with Crippen LogP contribution in [0.25, 0.3) is 5.69 Å². The van der Waals surface area contributed by atoms with Crippen LogP contribution in [0, 0.1) is 13.8 Å². The summed E-state index contributed by atoms with van der Waals surface area (Å²) in [5, 5.41) is 6.93. The number of aryl methyl sites for hydroxylation is 1. The first-order valence-corrected chi connectivity index (χ1v) is 9.87. The van der Waals surface area contributed by atoms with Crippen molar-refractivity contribution in [2.24, 2.45) is 5.10 Å². The zero-order chi connectivity index (χ0) is 21.0. The third-order valence-corrected chi connectivity index (χ3v) is 4.96. The Labute approximate surface area is 181 Å². The molecule has 0 spiro atoms. The van der Waals surface area contributed by atoms with Crippen LogP contribution in [-0.2, 0) is 9.59 Å². The summed E-state index contributed by atoms with van der Waals surface area (Å²) in [5.74, 6) is -1.68. The first-order chi connectivity index (χ1) is 13.8. The Hall–Kier alpha value is -2.90. The van der Waals surface area contributed by atoms with Crippen molar-refractivity contribution in [3.63, 3.8) is 0 Å². The summed E-state index contributed by atoms with van der Waals surface area (Å²) in [7, 11) is 0. The molecule has 148 valence electrons. The molecule has 29 heavy (non-hydrogen) atoms. The van der Waals surface area contributed by atoms with Crippen molar-refractivity contribution in [2.75, 3.05) is 5.32 Å². The maximum atomic E-state index is 11.9. The van der Waals surface area contributed by atoms with E-state index in [2.05, 4.69) is 36.3 Å². The summed E-state index contributed by atoms with van der Waals surface area (Å²) in [6.45, 7) is 3.95. The highest BCUT2D eigenvalue weighted by atomic mass is 79.9. The van der Waals surface area contributed by atoms with E-state index < -0.39 is 11.8 Å². The van der Waals surface area contributed by atoms with E-state index in [1.54, 1.807) is 24.3 Å². The first-order valence-electron chi connectivity index (χ1n) is 8.70. The molecule has 2 N–H and O–H groups in total. The lowest BCUT2D eigenvalue weighted by atomic mass is 10.2. The van der Waals surface area contributed by atoms with Crippen LogP contribution in [-0.4, -0.2) is 22.6 Å². The molecular formula is C21H18BrClN4O2. The topological polar surface area (TPSA) is 75.5 Å². The lowest BCUT2D eigenvalue weighted by Crippen LogP contribution is -2.32. The van der Waals surface area contributed by atoms with Crippen molar-refractivity contribution in [1.82, 2.24) is 9.99 Å². The molecule has 0 aliphatic rings. The molecule has 3 rings (SSSR count). The Morgan fingerprint density at radius 1 is 1.07 bits per heavy atom. The largest absolute Gasteiger partial charge is 0.329 e. The minimum atomic E-state index is -0.864. The molecular weight excluding hydrogens is 456 g/mol. The van der Waals surface area contributed by atoms with Gasteiger partial charge in [-0.05, 0) is 62.4 Å². The predicted molar refractivity (Wildman–Crippen MR) is 119 cm³/mol. The number of hydrogen-bond acceptors (Lipinski definition) is 3. The highest BCUT2D eigenvalue weighted by Crippen LogP contribution is 2.22. The average Bonchev–Trinajstić information content (AvgIpc) is 2.97. The van der Waals surface area contributed by atoms with Gasteiger partial charge in [-0.3, -0.25) is 9.59 Å². The minimum absolute atomic E-state index is 0.469. The van der Waals surface area contributed by atoms with E-state index >= 15 is 0 Å². The second-order valence-corrected chi connectivity index (χ2v) is 7.65. The van der Waals surface area contributed by atoms with Gasteiger partial charge in [0, 0.05) is 37.8 Å². The number of anilines is 1. The molecule has 2 amide bonds. The van der Waals surface area contributed by atoms with Gasteiger partial charge in [-0.1, -0.05) is 33.6 Å². The predicted octanol–water partition coefficient (Wildman–Crippen LogP) is 4.60. The molecule has 0 aliphatic carbocycles. The lowest BCUT2D eigenvalue weighted by Gasteiger charge is -2.09. The summed E-state index contributed by atoms with van der Waals surface area (Å²) in [6, 6.07) is 16.4. The van der Waals surface area contributed by atoms with E-state index in [0.717, 1.165) is 27.1 Å². The van der Waals surface area contributed by atoms with Gasteiger partial charge >= 0.3 is 11.8 Å². The van der Waals surface area contributed by atoms with Crippen molar-refractivity contribution >= 4 is 51.2 Å². The van der Waals surface area contributed by atoms with Gasteiger partial charge in [0.05, 0.1) is 6.21 Å². The summed E-state index contributed by atoms with van der Waals surface area (Å²) < 4.78 is 3.07. The van der Waals surface area contributed by atoms with Crippen LogP contribution in [0.1, 0.15) is 17.0 Å². The number of halogens is 2. The third kappa shape index (κ3) is 5.13. The fraction of sp³-hybridized carbons (Fsp3) is 0.0952. The van der Waals surface area contributed by atoms with Gasteiger partial charge in [0.1, 0.15) is 0 Å². The van der Waals surface area contributed by atoms with Crippen LogP contribution in [0.3, 0.4) is 0 Å². The number of carbonyl (C=O) groups excluding carboxylic acids is 2. The van der Waals surface area contributed by atoms with Crippen LogP contribution in [0.2, 0.25) is 5.02 Å². The Balaban J connectivity index is 1.67.